The third-order valence-electron chi connectivity index (χ3n) is 11.1. The first-order chi connectivity index (χ1) is 26.7. The van der Waals surface area contributed by atoms with Crippen LogP contribution in [0.3, 0.4) is 0 Å². The lowest BCUT2D eigenvalue weighted by molar-refractivity contribution is -0.364. The van der Waals surface area contributed by atoms with Gasteiger partial charge in [0.15, 0.2) is 5.72 Å². The van der Waals surface area contributed by atoms with Crippen molar-refractivity contribution < 1.29 is 53.0 Å². The zero-order valence-corrected chi connectivity index (χ0v) is 37.3. The molecule has 0 spiro atoms. The number of amides is 2. The van der Waals surface area contributed by atoms with E-state index in [4.69, 9.17) is 40.0 Å². The third-order valence-corrected chi connectivity index (χ3v) is 14.1. The number of hydrogen-bond donors (Lipinski definition) is 3. The fourth-order valence-electron chi connectivity index (χ4n) is 7.82. The molecule has 1 aromatic carbocycles. The number of esters is 1. The molecule has 1 aromatic rings. The summed E-state index contributed by atoms with van der Waals surface area (Å²) in [5, 5.41) is 25.6. The third kappa shape index (κ3) is 11.1. The Morgan fingerprint density at radius 3 is 2.53 bits per heavy atom. The van der Waals surface area contributed by atoms with Gasteiger partial charge in [0.25, 0.3) is 0 Å². The lowest BCUT2D eigenvalue weighted by Crippen LogP contribution is -2.73. The van der Waals surface area contributed by atoms with Crippen LogP contribution in [0.25, 0.3) is 0 Å². The summed E-state index contributed by atoms with van der Waals surface area (Å²) < 4.78 is 35.0. The number of hydrogen-bond acceptors (Lipinski definition) is 14. The minimum Gasteiger partial charge on any atom is -0.495 e. The van der Waals surface area contributed by atoms with Crippen LogP contribution in [0.4, 0.5) is 5.69 Å². The summed E-state index contributed by atoms with van der Waals surface area (Å²) in [5.41, 5.74) is -1.94. The van der Waals surface area contributed by atoms with Crippen molar-refractivity contribution in [2.45, 2.75) is 126 Å². The van der Waals surface area contributed by atoms with E-state index in [-0.39, 0.29) is 41.4 Å². The van der Waals surface area contributed by atoms with Gasteiger partial charge in [0.1, 0.15) is 34.6 Å². The zero-order valence-electron chi connectivity index (χ0n) is 34.9. The Morgan fingerprint density at radius 1 is 1.23 bits per heavy atom. The number of benzene rings is 1. The number of carbonyl (C=O) groups is 3. The highest BCUT2D eigenvalue weighted by Crippen LogP contribution is 2.51. The number of aliphatic hydroxyl groups is 2. The van der Waals surface area contributed by atoms with Gasteiger partial charge in [0, 0.05) is 52.3 Å². The fourth-order valence-corrected chi connectivity index (χ4v) is 10.5. The molecule has 57 heavy (non-hydrogen) atoms. The molecule has 4 heterocycles. The molecule has 0 aliphatic carbocycles. The number of ether oxygens (including phenoxy) is 6. The van der Waals surface area contributed by atoms with Crippen molar-refractivity contribution in [1.82, 2.24) is 10.2 Å². The average Bonchev–Trinajstić information content (AvgIpc) is 3.13. The predicted octanol–water partition coefficient (Wildman–Crippen LogP) is 5.01. The standard InChI is InChI=1S/C40H60ClN3O11S2/c1-24-13-12-14-29(52-10)40(49)21-31(54-36(48)42-40)39(5)22-38(4,55-39)30(20-33(46)44(7)27-18-26(17-24)19-28(51-9)34(27)41)53-35(47)25(2)43(6)32(45)15-16-37(3,23-50-8)57-56-11/h12-14,18-19,25,29-31,36,42,48-49H,15-17,20-23H2,1-11H3/b14-12+,24-13+/t25-,29+,30-,31-,36?,37?,38+,39-,40-/m0/s1. The summed E-state index contributed by atoms with van der Waals surface area (Å²) in [6, 6.07) is 2.61. The molecule has 5 rings (SSSR count). The molecule has 0 radical (unpaired) electrons. The van der Waals surface area contributed by atoms with Crippen LogP contribution in [0.1, 0.15) is 72.3 Å². The smallest absolute Gasteiger partial charge is 0.328 e. The van der Waals surface area contributed by atoms with Crippen LogP contribution in [-0.4, -0.2) is 134 Å². The first-order valence-electron chi connectivity index (χ1n) is 18.9. The van der Waals surface area contributed by atoms with Gasteiger partial charge in [-0.25, -0.2) is 10.1 Å². The maximum absolute atomic E-state index is 14.2. The van der Waals surface area contributed by atoms with E-state index < -0.39 is 59.6 Å². The van der Waals surface area contributed by atoms with E-state index in [2.05, 4.69) is 5.32 Å². The average molecular weight is 859 g/mol. The van der Waals surface area contributed by atoms with Crippen LogP contribution in [-0.2, 0) is 44.5 Å². The molecule has 320 valence electrons. The molecule has 2 fully saturated rings. The minimum absolute atomic E-state index is 0.0404. The minimum atomic E-state index is -1.76. The monoisotopic (exact) mass is 857 g/mol. The van der Waals surface area contributed by atoms with Gasteiger partial charge in [-0.05, 0) is 71.4 Å². The topological polar surface area (TPSA) is 166 Å². The first kappa shape index (κ1) is 47.3. The van der Waals surface area contributed by atoms with E-state index in [9.17, 15) is 24.6 Å². The largest absolute Gasteiger partial charge is 0.495 e. The molecule has 6 bridgehead atoms. The number of fused-ring (bicyclic) bond motifs is 6. The first-order valence-corrected chi connectivity index (χ1v) is 21.8. The maximum Gasteiger partial charge on any atom is 0.328 e. The van der Waals surface area contributed by atoms with Gasteiger partial charge in [-0.3, -0.25) is 9.59 Å². The second-order valence-corrected chi connectivity index (χ2v) is 19.3. The molecule has 2 amide bonds. The van der Waals surface area contributed by atoms with Crippen LogP contribution >= 0.6 is 33.2 Å². The molecule has 0 aromatic heterocycles. The summed E-state index contributed by atoms with van der Waals surface area (Å²) in [7, 11) is 10.9. The van der Waals surface area contributed by atoms with Gasteiger partial charge in [-0.15, -0.1) is 0 Å². The number of nitrogens with one attached hydrogen (secondary N) is 1. The van der Waals surface area contributed by atoms with E-state index in [1.165, 1.54) is 24.0 Å². The second-order valence-electron chi connectivity index (χ2n) is 15.9. The van der Waals surface area contributed by atoms with Crippen molar-refractivity contribution >= 4 is 56.7 Å². The van der Waals surface area contributed by atoms with Gasteiger partial charge < -0.3 is 48.4 Å². The molecule has 4 aliphatic rings. The van der Waals surface area contributed by atoms with Crippen molar-refractivity contribution in [3.63, 3.8) is 0 Å². The van der Waals surface area contributed by atoms with Crippen molar-refractivity contribution in [1.29, 1.82) is 0 Å². The number of methoxy groups -OCH3 is 3. The number of halogens is 1. The van der Waals surface area contributed by atoms with Crippen molar-refractivity contribution in [3.05, 3.63) is 46.5 Å². The predicted molar refractivity (Wildman–Crippen MR) is 222 cm³/mol. The Balaban J connectivity index is 1.70. The normalized spacial score (nSPS) is 32.6. The highest BCUT2D eigenvalue weighted by molar-refractivity contribution is 8.77. The van der Waals surface area contributed by atoms with Crippen molar-refractivity contribution in [2.75, 3.05) is 53.2 Å². The summed E-state index contributed by atoms with van der Waals surface area (Å²) in [5.74, 6) is -1.01. The Morgan fingerprint density at radius 2 is 1.91 bits per heavy atom. The second kappa shape index (κ2) is 19.3. The van der Waals surface area contributed by atoms with E-state index in [1.807, 2.05) is 32.2 Å². The van der Waals surface area contributed by atoms with Crippen LogP contribution in [0, 0.1) is 0 Å². The van der Waals surface area contributed by atoms with E-state index in [0.29, 0.717) is 30.9 Å². The molecule has 14 nitrogen and oxygen atoms in total. The van der Waals surface area contributed by atoms with E-state index >= 15 is 0 Å². The molecule has 2 saturated heterocycles. The van der Waals surface area contributed by atoms with Crippen molar-refractivity contribution in [2.24, 2.45) is 0 Å². The fraction of sp³-hybridized carbons (Fsp3) is 0.675. The highest BCUT2D eigenvalue weighted by Gasteiger charge is 2.63. The number of likely N-dealkylation sites (N-methyl/N-ethyl adjacent to an activating group) is 1. The van der Waals surface area contributed by atoms with Gasteiger partial charge >= 0.3 is 5.97 Å². The van der Waals surface area contributed by atoms with Crippen LogP contribution in [0.5, 0.6) is 5.75 Å². The molecular formula is C40H60ClN3O11S2. The number of nitrogens with zero attached hydrogens (tertiary/aromatic N) is 2. The van der Waals surface area contributed by atoms with Crippen molar-refractivity contribution in [3.8, 4) is 5.75 Å². The van der Waals surface area contributed by atoms with Gasteiger partial charge in [-0.2, -0.15) is 0 Å². The molecule has 4 aliphatic heterocycles. The molecule has 3 N–H and O–H groups in total. The Bertz CT molecular complexity index is 1670. The number of rotatable bonds is 12. The summed E-state index contributed by atoms with van der Waals surface area (Å²) in [6.45, 7) is 9.51. The van der Waals surface area contributed by atoms with E-state index in [0.717, 1.165) is 11.1 Å². The number of carbonyl (C=O) groups excluding carboxylic acids is 3. The number of aliphatic hydroxyl groups excluding tert-OH is 1. The molecule has 17 heteroatoms. The lowest BCUT2D eigenvalue weighted by Gasteiger charge is -2.60. The van der Waals surface area contributed by atoms with Crippen LogP contribution < -0.4 is 15.0 Å². The molecule has 0 saturated carbocycles. The summed E-state index contributed by atoms with van der Waals surface area (Å²) in [4.78, 5) is 44.4. The Labute approximate surface area is 349 Å². The van der Waals surface area contributed by atoms with Crippen LogP contribution in [0.2, 0.25) is 5.02 Å². The maximum atomic E-state index is 14.2. The number of allylic oxidation sites excluding steroid dienone is 3. The number of anilines is 1. The molecule has 9 atom stereocenters. The molecule has 2 unspecified atom stereocenters. The highest BCUT2D eigenvalue weighted by atomic mass is 35.5. The van der Waals surface area contributed by atoms with Crippen LogP contribution in [0.15, 0.2) is 35.9 Å². The van der Waals surface area contributed by atoms with Gasteiger partial charge in [-0.1, -0.05) is 57.0 Å². The Hall–Kier alpha value is -2.38. The summed E-state index contributed by atoms with van der Waals surface area (Å²) in [6.07, 6.45) is 3.88. The molecular weight excluding hydrogens is 798 g/mol. The SMILES string of the molecule is COCC(C)(CCC(=O)N(C)[C@@H](C)C(=O)O[C@H]1CC(=O)N(C)c2cc(cc(OC)c2Cl)C/C(C)=C/C=C/[C@@H](OC)[C@@]2(O)C[C@H](OC(O)N2)[C@]2(C)C[C@@]1(C)O2)SSC. The van der Waals surface area contributed by atoms with Gasteiger partial charge in [0.05, 0.1) is 37.5 Å². The van der Waals surface area contributed by atoms with Gasteiger partial charge in [0.2, 0.25) is 18.2 Å². The Kier molecular flexibility index (Phi) is 16.0. The zero-order chi connectivity index (χ0) is 42.5. The quantitative estimate of drug-likeness (QED) is 0.190. The summed E-state index contributed by atoms with van der Waals surface area (Å²) >= 11 is 6.80. The van der Waals surface area contributed by atoms with E-state index in [1.54, 1.807) is 81.8 Å². The lowest BCUT2D eigenvalue weighted by atomic mass is 9.72.